The van der Waals surface area contributed by atoms with Crippen molar-refractivity contribution in [3.05, 3.63) is 0 Å². The first-order valence-electron chi connectivity index (χ1n) is 3.18. The van der Waals surface area contributed by atoms with Crippen molar-refractivity contribution in [2.75, 3.05) is 0 Å². The molecule has 0 aromatic carbocycles. The highest BCUT2D eigenvalue weighted by atomic mass is 79.9. The van der Waals surface area contributed by atoms with E-state index in [1.807, 2.05) is 6.92 Å². The molecular formula is C6H11BrO2. The fourth-order valence-corrected chi connectivity index (χ4v) is 1.55. The summed E-state index contributed by atoms with van der Waals surface area (Å²) in [6.07, 6.45) is 1.78. The van der Waals surface area contributed by atoms with Crippen LogP contribution in [0.15, 0.2) is 0 Å². The Hall–Kier alpha value is 0.400. The van der Waals surface area contributed by atoms with Crippen LogP contribution in [-0.2, 0) is 4.74 Å². The number of hydrogen-bond donors (Lipinski definition) is 1. The Kier molecular flexibility index (Phi) is 2.50. The van der Waals surface area contributed by atoms with E-state index in [-0.39, 0.29) is 17.2 Å². The molecule has 9 heavy (non-hydrogen) atoms. The minimum Gasteiger partial charge on any atom is -0.389 e. The zero-order chi connectivity index (χ0) is 6.85. The summed E-state index contributed by atoms with van der Waals surface area (Å²) in [5, 5.41) is 8.97. The number of ether oxygens (including phenoxy) is 1. The van der Waals surface area contributed by atoms with Crippen molar-refractivity contribution in [3.8, 4) is 0 Å². The number of alkyl halides is 1. The van der Waals surface area contributed by atoms with Gasteiger partial charge in [-0.15, -0.1) is 0 Å². The molecule has 1 aliphatic heterocycles. The lowest BCUT2D eigenvalue weighted by Crippen LogP contribution is -2.33. The monoisotopic (exact) mass is 194 g/mol. The fourth-order valence-electron chi connectivity index (χ4n) is 0.917. The van der Waals surface area contributed by atoms with E-state index in [1.165, 1.54) is 0 Å². The first-order chi connectivity index (χ1) is 4.20. The minimum atomic E-state index is -0.318. The summed E-state index contributed by atoms with van der Waals surface area (Å²) in [6.45, 7) is 2.01. The summed E-state index contributed by atoms with van der Waals surface area (Å²) in [6, 6.07) is 0. The summed E-state index contributed by atoms with van der Waals surface area (Å²) in [5.74, 6) is 0. The van der Waals surface area contributed by atoms with Crippen molar-refractivity contribution in [1.29, 1.82) is 0 Å². The molecular weight excluding hydrogens is 184 g/mol. The standard InChI is InChI=1S/C6H11BrO2/c1-4-2-3-5(8)6(7)9-4/h4-6,8H,2-3H2,1H3. The second-order valence-electron chi connectivity index (χ2n) is 2.44. The maximum atomic E-state index is 9.12. The van der Waals surface area contributed by atoms with Gasteiger partial charge in [0.25, 0.3) is 0 Å². The van der Waals surface area contributed by atoms with Gasteiger partial charge in [-0.2, -0.15) is 0 Å². The molecule has 54 valence electrons. The normalized spacial score (nSPS) is 45.0. The van der Waals surface area contributed by atoms with Crippen LogP contribution in [0.3, 0.4) is 0 Å². The van der Waals surface area contributed by atoms with Crippen LogP contribution in [0.4, 0.5) is 0 Å². The molecule has 2 nitrogen and oxygen atoms in total. The van der Waals surface area contributed by atoms with Gasteiger partial charge in [-0.1, -0.05) is 15.9 Å². The highest BCUT2D eigenvalue weighted by Gasteiger charge is 2.24. The van der Waals surface area contributed by atoms with Gasteiger partial charge in [-0.05, 0) is 19.8 Å². The quantitative estimate of drug-likeness (QED) is 0.589. The molecule has 3 atom stereocenters. The summed E-state index contributed by atoms with van der Waals surface area (Å²) < 4.78 is 5.27. The van der Waals surface area contributed by atoms with E-state index >= 15 is 0 Å². The molecule has 1 N–H and O–H groups in total. The van der Waals surface area contributed by atoms with Crippen LogP contribution >= 0.6 is 15.9 Å². The van der Waals surface area contributed by atoms with Gasteiger partial charge >= 0.3 is 0 Å². The van der Waals surface area contributed by atoms with Gasteiger partial charge in [0.05, 0.1) is 12.2 Å². The summed E-state index contributed by atoms with van der Waals surface area (Å²) >= 11 is 3.22. The minimum absolute atomic E-state index is 0.152. The van der Waals surface area contributed by atoms with Crippen LogP contribution in [0.1, 0.15) is 19.8 Å². The summed E-state index contributed by atoms with van der Waals surface area (Å²) in [7, 11) is 0. The van der Waals surface area contributed by atoms with Crippen LogP contribution in [0.25, 0.3) is 0 Å². The van der Waals surface area contributed by atoms with Crippen LogP contribution in [0, 0.1) is 0 Å². The van der Waals surface area contributed by atoms with E-state index in [2.05, 4.69) is 15.9 Å². The van der Waals surface area contributed by atoms with Crippen molar-refractivity contribution in [2.24, 2.45) is 0 Å². The van der Waals surface area contributed by atoms with Crippen LogP contribution in [0.2, 0.25) is 0 Å². The molecule has 1 aliphatic rings. The first-order valence-corrected chi connectivity index (χ1v) is 4.09. The zero-order valence-electron chi connectivity index (χ0n) is 5.38. The predicted molar refractivity (Wildman–Crippen MR) is 38.5 cm³/mol. The Morgan fingerprint density at radius 2 is 2.22 bits per heavy atom. The van der Waals surface area contributed by atoms with Crippen molar-refractivity contribution in [1.82, 2.24) is 0 Å². The largest absolute Gasteiger partial charge is 0.389 e. The van der Waals surface area contributed by atoms with E-state index in [9.17, 15) is 0 Å². The van der Waals surface area contributed by atoms with E-state index in [0.717, 1.165) is 12.8 Å². The number of rotatable bonds is 0. The maximum absolute atomic E-state index is 9.12. The molecule has 3 unspecified atom stereocenters. The second-order valence-corrected chi connectivity index (χ2v) is 3.35. The van der Waals surface area contributed by atoms with Crippen molar-refractivity contribution in [2.45, 2.75) is 37.0 Å². The Balaban J connectivity index is 2.35. The van der Waals surface area contributed by atoms with Gasteiger partial charge in [-0.25, -0.2) is 0 Å². The van der Waals surface area contributed by atoms with Gasteiger partial charge in [0.15, 0.2) is 0 Å². The Labute approximate surface area is 63.3 Å². The molecule has 1 heterocycles. The SMILES string of the molecule is CC1CCC(O)C(Br)O1. The first kappa shape index (κ1) is 7.51. The van der Waals surface area contributed by atoms with Gasteiger partial charge < -0.3 is 9.84 Å². The molecule has 0 bridgehead atoms. The van der Waals surface area contributed by atoms with Crippen molar-refractivity contribution in [3.63, 3.8) is 0 Å². The molecule has 3 heteroatoms. The van der Waals surface area contributed by atoms with Gasteiger partial charge in [0.1, 0.15) is 5.01 Å². The topological polar surface area (TPSA) is 29.5 Å². The average Bonchev–Trinajstić information content (AvgIpc) is 1.80. The van der Waals surface area contributed by atoms with E-state index in [1.54, 1.807) is 0 Å². The maximum Gasteiger partial charge on any atom is 0.138 e. The van der Waals surface area contributed by atoms with E-state index < -0.39 is 0 Å². The second kappa shape index (κ2) is 2.99. The van der Waals surface area contributed by atoms with E-state index in [0.29, 0.717) is 0 Å². The van der Waals surface area contributed by atoms with Gasteiger partial charge in [-0.3, -0.25) is 0 Å². The smallest absolute Gasteiger partial charge is 0.138 e. The third kappa shape index (κ3) is 1.92. The molecule has 1 rings (SSSR count). The number of halogens is 1. The van der Waals surface area contributed by atoms with Crippen LogP contribution in [0.5, 0.6) is 0 Å². The van der Waals surface area contributed by atoms with Gasteiger partial charge in [0, 0.05) is 0 Å². The lowest BCUT2D eigenvalue weighted by atomic mass is 10.1. The molecule has 0 aromatic rings. The Morgan fingerprint density at radius 3 is 2.67 bits per heavy atom. The highest BCUT2D eigenvalue weighted by Crippen LogP contribution is 2.22. The third-order valence-corrected chi connectivity index (χ3v) is 2.36. The zero-order valence-corrected chi connectivity index (χ0v) is 6.97. The summed E-state index contributed by atoms with van der Waals surface area (Å²) in [4.78, 5) is 0. The molecule has 0 aromatic heterocycles. The molecule has 1 fully saturated rings. The highest BCUT2D eigenvalue weighted by molar-refractivity contribution is 9.09. The number of aliphatic hydroxyl groups excluding tert-OH is 1. The number of hydrogen-bond acceptors (Lipinski definition) is 2. The average molecular weight is 195 g/mol. The molecule has 0 radical (unpaired) electrons. The lowest BCUT2D eigenvalue weighted by Gasteiger charge is -2.28. The predicted octanol–water partition coefficient (Wildman–Crippen LogP) is 1.27. The van der Waals surface area contributed by atoms with Crippen LogP contribution in [-0.4, -0.2) is 22.3 Å². The van der Waals surface area contributed by atoms with Crippen LogP contribution < -0.4 is 0 Å². The van der Waals surface area contributed by atoms with E-state index in [4.69, 9.17) is 9.84 Å². The molecule has 0 saturated carbocycles. The summed E-state index contributed by atoms with van der Waals surface area (Å²) in [5.41, 5.74) is 0. The van der Waals surface area contributed by atoms with Gasteiger partial charge in [0.2, 0.25) is 0 Å². The molecule has 0 aliphatic carbocycles. The molecule has 1 saturated heterocycles. The molecule has 0 amide bonds. The fraction of sp³-hybridized carbons (Fsp3) is 1.00. The number of aliphatic hydroxyl groups is 1. The Morgan fingerprint density at radius 1 is 1.56 bits per heavy atom. The molecule has 0 spiro atoms. The lowest BCUT2D eigenvalue weighted by molar-refractivity contribution is -0.0633. The van der Waals surface area contributed by atoms with Crippen molar-refractivity contribution < 1.29 is 9.84 Å². The van der Waals surface area contributed by atoms with Crippen molar-refractivity contribution >= 4 is 15.9 Å². The Bertz CT molecular complexity index is 97.1. The third-order valence-electron chi connectivity index (χ3n) is 1.53.